The summed E-state index contributed by atoms with van der Waals surface area (Å²) in [6.45, 7) is 5.38. The van der Waals surface area contributed by atoms with E-state index in [2.05, 4.69) is 11.8 Å². The normalized spacial score (nSPS) is 17.1. The van der Waals surface area contributed by atoms with E-state index < -0.39 is 0 Å². The maximum absolute atomic E-state index is 9.99. The largest absolute Gasteiger partial charge is 0.467 e. The molecule has 0 aromatic carbocycles. The van der Waals surface area contributed by atoms with Gasteiger partial charge in [-0.05, 0) is 18.2 Å². The molecule has 0 unspecified atom stereocenters. The Morgan fingerprint density at radius 3 is 2.90 bits per heavy atom. The Morgan fingerprint density at radius 2 is 2.40 bits per heavy atom. The lowest BCUT2D eigenvalue weighted by molar-refractivity contribution is 0.344. The standard InChI is InChI=1S/C7H7NO2/c1-5-3-6(2)10-4-7(5)8-9/h3-4H,1H2,2H3. The van der Waals surface area contributed by atoms with E-state index in [1.807, 2.05) is 0 Å². The number of nitrogens with zero attached hydrogens (tertiary/aromatic N) is 1. The first-order chi connectivity index (χ1) is 4.74. The molecule has 10 heavy (non-hydrogen) atoms. The van der Waals surface area contributed by atoms with E-state index >= 15 is 0 Å². The third-order valence-corrected chi connectivity index (χ3v) is 1.16. The quantitative estimate of drug-likeness (QED) is 0.519. The molecule has 0 radical (unpaired) electrons. The van der Waals surface area contributed by atoms with Crippen LogP contribution in [0.3, 0.4) is 0 Å². The molecular formula is C7H7NO2. The van der Waals surface area contributed by atoms with Crippen molar-refractivity contribution in [3.8, 4) is 0 Å². The van der Waals surface area contributed by atoms with Gasteiger partial charge in [0.2, 0.25) is 0 Å². The van der Waals surface area contributed by atoms with Gasteiger partial charge >= 0.3 is 0 Å². The fourth-order valence-electron chi connectivity index (χ4n) is 0.658. The first-order valence-corrected chi connectivity index (χ1v) is 2.82. The smallest absolute Gasteiger partial charge is 0.149 e. The van der Waals surface area contributed by atoms with Crippen LogP contribution in [-0.4, -0.2) is 0 Å². The molecule has 0 saturated carbocycles. The second kappa shape index (κ2) is 2.47. The first-order valence-electron chi connectivity index (χ1n) is 2.82. The summed E-state index contributed by atoms with van der Waals surface area (Å²) in [5, 5.41) is 2.70. The van der Waals surface area contributed by atoms with Crippen LogP contribution in [0.15, 0.2) is 41.1 Å². The minimum absolute atomic E-state index is 0.255. The van der Waals surface area contributed by atoms with E-state index in [0.717, 1.165) is 5.76 Å². The van der Waals surface area contributed by atoms with Crippen LogP contribution in [0.5, 0.6) is 0 Å². The Kier molecular flexibility index (Phi) is 1.67. The molecule has 0 atom stereocenters. The van der Waals surface area contributed by atoms with Gasteiger partial charge in [-0.15, -0.1) is 4.91 Å². The van der Waals surface area contributed by atoms with Crippen molar-refractivity contribution in [2.24, 2.45) is 5.18 Å². The van der Waals surface area contributed by atoms with Gasteiger partial charge < -0.3 is 4.74 Å². The molecule has 0 aromatic heterocycles. The third kappa shape index (κ3) is 1.13. The summed E-state index contributed by atoms with van der Waals surface area (Å²) in [5.41, 5.74) is 0.851. The number of ether oxygens (including phenoxy) is 1. The van der Waals surface area contributed by atoms with Gasteiger partial charge in [0.1, 0.15) is 17.7 Å². The van der Waals surface area contributed by atoms with Crippen molar-refractivity contribution in [1.82, 2.24) is 0 Å². The van der Waals surface area contributed by atoms with Gasteiger partial charge in [-0.25, -0.2) is 0 Å². The van der Waals surface area contributed by atoms with E-state index in [1.165, 1.54) is 6.26 Å². The number of rotatable bonds is 1. The molecule has 0 aliphatic carbocycles. The van der Waals surface area contributed by atoms with Crippen LogP contribution < -0.4 is 0 Å². The predicted molar refractivity (Wildman–Crippen MR) is 37.9 cm³/mol. The van der Waals surface area contributed by atoms with Gasteiger partial charge in [0.05, 0.1) is 0 Å². The molecule has 52 valence electrons. The van der Waals surface area contributed by atoms with E-state index in [4.69, 9.17) is 4.74 Å². The summed E-state index contributed by atoms with van der Waals surface area (Å²) in [6.07, 6.45) is 2.96. The van der Waals surface area contributed by atoms with Crippen LogP contribution in [0.2, 0.25) is 0 Å². The highest BCUT2D eigenvalue weighted by molar-refractivity contribution is 5.38. The van der Waals surface area contributed by atoms with Crippen LogP contribution in [0.1, 0.15) is 6.92 Å². The Bertz CT molecular complexity index is 238. The van der Waals surface area contributed by atoms with Crippen molar-refractivity contribution in [3.05, 3.63) is 40.9 Å². The highest BCUT2D eigenvalue weighted by Gasteiger charge is 2.06. The van der Waals surface area contributed by atoms with E-state index in [9.17, 15) is 4.91 Å². The first kappa shape index (κ1) is 6.74. The molecule has 3 nitrogen and oxygen atoms in total. The molecule has 1 aliphatic heterocycles. The van der Waals surface area contributed by atoms with E-state index in [1.54, 1.807) is 13.0 Å². The minimum atomic E-state index is 0.255. The molecule has 0 saturated heterocycles. The van der Waals surface area contributed by atoms with Gasteiger partial charge in [-0.2, -0.15) is 0 Å². The maximum Gasteiger partial charge on any atom is 0.149 e. The summed E-state index contributed by atoms with van der Waals surface area (Å²) in [6, 6.07) is 0. The average molecular weight is 137 g/mol. The van der Waals surface area contributed by atoms with E-state index in [-0.39, 0.29) is 5.70 Å². The number of allylic oxidation sites excluding steroid dienone is 2. The fourth-order valence-corrected chi connectivity index (χ4v) is 0.658. The SMILES string of the molecule is C=C1C=C(C)OC=C1N=O. The Balaban J connectivity index is 2.85. The van der Waals surface area contributed by atoms with Crippen LogP contribution >= 0.6 is 0 Å². The van der Waals surface area contributed by atoms with Gasteiger partial charge in [0, 0.05) is 5.57 Å². The number of hydrogen-bond donors (Lipinski definition) is 0. The lowest BCUT2D eigenvalue weighted by Crippen LogP contribution is -1.92. The fraction of sp³-hybridized carbons (Fsp3) is 0.143. The van der Waals surface area contributed by atoms with Crippen molar-refractivity contribution in [1.29, 1.82) is 0 Å². The second-order valence-electron chi connectivity index (χ2n) is 1.99. The van der Waals surface area contributed by atoms with Gasteiger partial charge in [0.25, 0.3) is 0 Å². The van der Waals surface area contributed by atoms with Crippen LogP contribution in [0.4, 0.5) is 0 Å². The zero-order valence-electron chi connectivity index (χ0n) is 5.63. The zero-order valence-corrected chi connectivity index (χ0v) is 5.63. The van der Waals surface area contributed by atoms with Crippen molar-refractivity contribution >= 4 is 0 Å². The molecule has 3 heteroatoms. The Hall–Kier alpha value is -1.38. The second-order valence-corrected chi connectivity index (χ2v) is 1.99. The van der Waals surface area contributed by atoms with Gasteiger partial charge in [0.15, 0.2) is 0 Å². The van der Waals surface area contributed by atoms with Crippen LogP contribution in [0, 0.1) is 4.91 Å². The zero-order chi connectivity index (χ0) is 7.56. The highest BCUT2D eigenvalue weighted by atomic mass is 16.5. The van der Waals surface area contributed by atoms with Crippen molar-refractivity contribution in [2.45, 2.75) is 6.92 Å². The van der Waals surface area contributed by atoms with Gasteiger partial charge in [-0.3, -0.25) is 0 Å². The van der Waals surface area contributed by atoms with Gasteiger partial charge in [-0.1, -0.05) is 6.58 Å². The summed E-state index contributed by atoms with van der Waals surface area (Å²) in [7, 11) is 0. The summed E-state index contributed by atoms with van der Waals surface area (Å²) in [4.78, 5) is 9.99. The molecule has 1 heterocycles. The van der Waals surface area contributed by atoms with E-state index in [0.29, 0.717) is 5.57 Å². The lowest BCUT2D eigenvalue weighted by atomic mass is 10.2. The summed E-state index contributed by atoms with van der Waals surface area (Å²) >= 11 is 0. The average Bonchev–Trinajstić information content (AvgIpc) is 1.88. The monoisotopic (exact) mass is 137 g/mol. The molecule has 0 fully saturated rings. The highest BCUT2D eigenvalue weighted by Crippen LogP contribution is 2.18. The molecule has 1 aliphatic rings. The van der Waals surface area contributed by atoms with Crippen LogP contribution in [-0.2, 0) is 4.74 Å². The molecule has 1 rings (SSSR count). The summed E-state index contributed by atoms with van der Waals surface area (Å²) in [5.74, 6) is 0.720. The number of hydrogen-bond acceptors (Lipinski definition) is 3. The summed E-state index contributed by atoms with van der Waals surface area (Å²) < 4.78 is 4.90. The predicted octanol–water partition coefficient (Wildman–Crippen LogP) is 2.08. The molecule has 0 N–H and O–H groups in total. The topological polar surface area (TPSA) is 38.7 Å². The molecule has 0 bridgehead atoms. The van der Waals surface area contributed by atoms with Crippen molar-refractivity contribution < 1.29 is 4.74 Å². The molecule has 0 spiro atoms. The maximum atomic E-state index is 9.99. The Labute approximate surface area is 58.7 Å². The Morgan fingerprint density at radius 1 is 1.70 bits per heavy atom. The minimum Gasteiger partial charge on any atom is -0.467 e. The molecule has 0 amide bonds. The third-order valence-electron chi connectivity index (χ3n) is 1.16. The van der Waals surface area contributed by atoms with Crippen LogP contribution in [0.25, 0.3) is 0 Å². The molecular weight excluding hydrogens is 130 g/mol. The van der Waals surface area contributed by atoms with Crippen molar-refractivity contribution in [3.63, 3.8) is 0 Å². The lowest BCUT2D eigenvalue weighted by Gasteiger charge is -2.07. The van der Waals surface area contributed by atoms with Crippen molar-refractivity contribution in [2.75, 3.05) is 0 Å². The molecule has 0 aromatic rings. The number of nitroso groups, excluding NO2 is 1.